The number of fused-ring (bicyclic) bond motifs is 1. The largest absolute Gasteiger partial charge is 0.486 e. The Morgan fingerprint density at radius 2 is 2.07 bits per heavy atom. The first kappa shape index (κ1) is 9.55. The zero-order valence-electron chi connectivity index (χ0n) is 7.25. The van der Waals surface area contributed by atoms with E-state index in [1.807, 2.05) is 0 Å². The van der Waals surface area contributed by atoms with E-state index in [0.717, 1.165) is 0 Å². The Labute approximate surface area is 91.7 Å². The molecule has 0 saturated heterocycles. The lowest BCUT2D eigenvalue weighted by Crippen LogP contribution is -2.17. The summed E-state index contributed by atoms with van der Waals surface area (Å²) in [7, 11) is 0. The highest BCUT2D eigenvalue weighted by molar-refractivity contribution is 7.80. The van der Waals surface area contributed by atoms with Gasteiger partial charge in [-0.3, -0.25) is 0 Å². The molecule has 1 aromatic rings. The summed E-state index contributed by atoms with van der Waals surface area (Å²) >= 11 is 10.8. The Hall–Kier alpha value is -1.00. The Morgan fingerprint density at radius 1 is 1.36 bits per heavy atom. The van der Waals surface area contributed by atoms with Crippen LogP contribution in [0.15, 0.2) is 12.1 Å². The summed E-state index contributed by atoms with van der Waals surface area (Å²) in [6.45, 7) is 1.03. The summed E-state index contributed by atoms with van der Waals surface area (Å²) in [5.74, 6) is 1.17. The molecule has 0 radical (unpaired) electrons. The first-order chi connectivity index (χ1) is 6.68. The standard InChI is InChI=1S/C9H8ClNO2S/c10-6-3-5(9(11)14)4-7-8(6)13-2-1-12-7/h3-4H,1-2H2,(H2,11,14). The van der Waals surface area contributed by atoms with E-state index in [2.05, 4.69) is 0 Å². The number of thiocarbonyl (C=S) groups is 1. The molecule has 2 rings (SSSR count). The van der Waals surface area contributed by atoms with Crippen LogP contribution in [0.4, 0.5) is 0 Å². The van der Waals surface area contributed by atoms with E-state index in [-0.39, 0.29) is 0 Å². The zero-order chi connectivity index (χ0) is 10.1. The fourth-order valence-electron chi connectivity index (χ4n) is 1.25. The molecular formula is C9H8ClNO2S. The number of hydrogen-bond donors (Lipinski definition) is 1. The molecule has 1 aliphatic heterocycles. The molecule has 1 aromatic carbocycles. The van der Waals surface area contributed by atoms with Crippen molar-refractivity contribution in [2.75, 3.05) is 13.2 Å². The number of ether oxygens (including phenoxy) is 2. The predicted octanol–water partition coefficient (Wildman–Crippen LogP) is 1.75. The van der Waals surface area contributed by atoms with Crippen molar-refractivity contribution in [1.29, 1.82) is 0 Å². The molecule has 74 valence electrons. The fourth-order valence-corrected chi connectivity index (χ4v) is 1.64. The molecule has 1 heterocycles. The molecule has 3 nitrogen and oxygen atoms in total. The van der Waals surface area contributed by atoms with Gasteiger partial charge in [-0.25, -0.2) is 0 Å². The smallest absolute Gasteiger partial charge is 0.179 e. The van der Waals surface area contributed by atoms with E-state index < -0.39 is 0 Å². The van der Waals surface area contributed by atoms with Gasteiger partial charge in [-0.2, -0.15) is 0 Å². The highest BCUT2D eigenvalue weighted by Crippen LogP contribution is 2.38. The van der Waals surface area contributed by atoms with Crippen LogP contribution in [0.3, 0.4) is 0 Å². The maximum absolute atomic E-state index is 5.97. The SMILES string of the molecule is NC(=S)c1cc(Cl)c2c(c1)OCCO2. The number of halogens is 1. The van der Waals surface area contributed by atoms with E-state index >= 15 is 0 Å². The molecule has 0 saturated carbocycles. The van der Waals surface area contributed by atoms with Crippen molar-refractivity contribution in [3.63, 3.8) is 0 Å². The van der Waals surface area contributed by atoms with E-state index in [4.69, 9.17) is 39.0 Å². The molecule has 0 amide bonds. The Kier molecular flexibility index (Phi) is 2.48. The average Bonchev–Trinajstić information content (AvgIpc) is 2.17. The van der Waals surface area contributed by atoms with E-state index in [1.165, 1.54) is 0 Å². The van der Waals surface area contributed by atoms with Crippen LogP contribution in [0.1, 0.15) is 5.56 Å². The second kappa shape index (κ2) is 3.63. The van der Waals surface area contributed by atoms with Crippen molar-refractivity contribution in [1.82, 2.24) is 0 Å². The van der Waals surface area contributed by atoms with Crippen molar-refractivity contribution in [3.8, 4) is 11.5 Å². The number of benzene rings is 1. The van der Waals surface area contributed by atoms with Crippen LogP contribution in [0.25, 0.3) is 0 Å². The van der Waals surface area contributed by atoms with Gasteiger partial charge in [0.05, 0.1) is 5.02 Å². The average molecular weight is 230 g/mol. The summed E-state index contributed by atoms with van der Waals surface area (Å²) in [5, 5.41) is 0.477. The van der Waals surface area contributed by atoms with Crippen LogP contribution in [0, 0.1) is 0 Å². The minimum absolute atomic E-state index is 0.295. The molecule has 0 unspecified atom stereocenters. The maximum Gasteiger partial charge on any atom is 0.179 e. The molecule has 14 heavy (non-hydrogen) atoms. The van der Waals surface area contributed by atoms with Crippen molar-refractivity contribution >= 4 is 28.8 Å². The molecule has 0 aromatic heterocycles. The molecule has 0 aliphatic carbocycles. The molecule has 0 bridgehead atoms. The third-order valence-corrected chi connectivity index (χ3v) is 2.40. The van der Waals surface area contributed by atoms with E-state index in [9.17, 15) is 0 Å². The Bertz CT molecular complexity index is 395. The van der Waals surface area contributed by atoms with Crippen molar-refractivity contribution in [3.05, 3.63) is 22.7 Å². The number of hydrogen-bond acceptors (Lipinski definition) is 3. The highest BCUT2D eigenvalue weighted by Gasteiger charge is 2.17. The molecule has 0 atom stereocenters. The van der Waals surface area contributed by atoms with Gasteiger partial charge in [0.15, 0.2) is 11.5 Å². The topological polar surface area (TPSA) is 44.5 Å². The monoisotopic (exact) mass is 229 g/mol. The first-order valence-electron chi connectivity index (χ1n) is 4.07. The van der Waals surface area contributed by atoms with Gasteiger partial charge in [-0.05, 0) is 12.1 Å². The highest BCUT2D eigenvalue weighted by atomic mass is 35.5. The van der Waals surface area contributed by atoms with Gasteiger partial charge in [0.25, 0.3) is 0 Å². The van der Waals surface area contributed by atoms with Crippen molar-refractivity contribution in [2.45, 2.75) is 0 Å². The fraction of sp³-hybridized carbons (Fsp3) is 0.222. The van der Waals surface area contributed by atoms with Crippen molar-refractivity contribution < 1.29 is 9.47 Å². The summed E-state index contributed by atoms with van der Waals surface area (Å²) in [6, 6.07) is 3.42. The summed E-state index contributed by atoms with van der Waals surface area (Å²) in [6.07, 6.45) is 0. The van der Waals surface area contributed by atoms with Gasteiger partial charge < -0.3 is 15.2 Å². The van der Waals surface area contributed by atoms with Gasteiger partial charge in [-0.15, -0.1) is 0 Å². The van der Waals surface area contributed by atoms with Gasteiger partial charge in [0, 0.05) is 5.56 Å². The number of rotatable bonds is 1. The minimum atomic E-state index is 0.295. The van der Waals surface area contributed by atoms with Gasteiger partial charge in [0.2, 0.25) is 0 Å². The van der Waals surface area contributed by atoms with E-state index in [0.29, 0.717) is 40.3 Å². The third-order valence-electron chi connectivity index (χ3n) is 1.88. The lowest BCUT2D eigenvalue weighted by molar-refractivity contribution is 0.171. The van der Waals surface area contributed by atoms with Gasteiger partial charge in [-0.1, -0.05) is 23.8 Å². The van der Waals surface area contributed by atoms with Crippen molar-refractivity contribution in [2.24, 2.45) is 5.73 Å². The molecule has 0 spiro atoms. The molecule has 2 N–H and O–H groups in total. The second-order valence-corrected chi connectivity index (χ2v) is 3.69. The van der Waals surface area contributed by atoms with Crippen LogP contribution in [0.2, 0.25) is 5.02 Å². The summed E-state index contributed by atoms with van der Waals surface area (Å²) < 4.78 is 10.7. The Morgan fingerprint density at radius 3 is 2.79 bits per heavy atom. The van der Waals surface area contributed by atoms with Crippen LogP contribution < -0.4 is 15.2 Å². The third kappa shape index (κ3) is 1.63. The molecule has 0 fully saturated rings. The first-order valence-corrected chi connectivity index (χ1v) is 4.86. The predicted molar refractivity (Wildman–Crippen MR) is 58.3 cm³/mol. The Balaban J connectivity index is 2.51. The molecule has 1 aliphatic rings. The molecule has 5 heteroatoms. The minimum Gasteiger partial charge on any atom is -0.486 e. The molecular weight excluding hydrogens is 222 g/mol. The summed E-state index contributed by atoms with van der Waals surface area (Å²) in [4.78, 5) is 0.295. The normalized spacial score (nSPS) is 13.8. The number of nitrogens with two attached hydrogens (primary N) is 1. The van der Waals surface area contributed by atoms with Gasteiger partial charge in [0.1, 0.15) is 18.2 Å². The van der Waals surface area contributed by atoms with Crippen LogP contribution in [-0.2, 0) is 0 Å². The maximum atomic E-state index is 5.97. The lowest BCUT2D eigenvalue weighted by atomic mass is 10.2. The lowest BCUT2D eigenvalue weighted by Gasteiger charge is -2.19. The zero-order valence-corrected chi connectivity index (χ0v) is 8.82. The van der Waals surface area contributed by atoms with E-state index in [1.54, 1.807) is 12.1 Å². The summed E-state index contributed by atoms with van der Waals surface area (Å²) in [5.41, 5.74) is 6.18. The second-order valence-electron chi connectivity index (χ2n) is 2.85. The van der Waals surface area contributed by atoms with Crippen LogP contribution >= 0.6 is 23.8 Å². The van der Waals surface area contributed by atoms with Crippen LogP contribution in [0.5, 0.6) is 11.5 Å². The quantitative estimate of drug-likeness (QED) is 0.746. The van der Waals surface area contributed by atoms with Crippen LogP contribution in [-0.4, -0.2) is 18.2 Å². The van der Waals surface area contributed by atoms with Gasteiger partial charge >= 0.3 is 0 Å².